The van der Waals surface area contributed by atoms with Gasteiger partial charge in [0.15, 0.2) is 0 Å². The first-order valence-electron chi connectivity index (χ1n) is 5.08. The van der Waals surface area contributed by atoms with Crippen molar-refractivity contribution in [1.82, 2.24) is 0 Å². The van der Waals surface area contributed by atoms with Gasteiger partial charge in [-0.25, -0.2) is 4.21 Å². The number of ether oxygens (including phenoxy) is 1. The lowest BCUT2D eigenvalue weighted by atomic mass is 10.1. The molecule has 1 rings (SSSR count). The van der Waals surface area contributed by atoms with E-state index in [1.165, 1.54) is 6.42 Å². The maximum Gasteiger partial charge on any atom is 0.144 e. The second-order valence-corrected chi connectivity index (χ2v) is 6.45. The topological polar surface area (TPSA) is 38.7 Å². The Labute approximate surface area is 88.5 Å². The molecule has 1 heterocycles. The number of nitrogens with zero attached hydrogens (tertiary/aromatic N) is 1. The van der Waals surface area contributed by atoms with Gasteiger partial charge in [0.05, 0.1) is 10.9 Å². The van der Waals surface area contributed by atoms with Crippen LogP contribution in [0.5, 0.6) is 0 Å². The molecule has 0 bridgehead atoms. The summed E-state index contributed by atoms with van der Waals surface area (Å²) in [6, 6.07) is 0. The predicted molar refractivity (Wildman–Crippen MR) is 60.0 cm³/mol. The van der Waals surface area contributed by atoms with Gasteiger partial charge < -0.3 is 4.74 Å². The van der Waals surface area contributed by atoms with E-state index < -0.39 is 11.0 Å². The number of hydrogen-bond acceptors (Lipinski definition) is 2. The Morgan fingerprint density at radius 3 is 2.64 bits per heavy atom. The van der Waals surface area contributed by atoms with Crippen molar-refractivity contribution in [2.45, 2.75) is 50.9 Å². The Hall–Kier alpha value is -0.220. The highest BCUT2D eigenvalue weighted by atomic mass is 32.2. The van der Waals surface area contributed by atoms with Gasteiger partial charge in [0, 0.05) is 12.8 Å². The summed E-state index contributed by atoms with van der Waals surface area (Å²) in [6.07, 6.45) is 5.10. The third-order valence-corrected chi connectivity index (χ3v) is 3.42. The average molecular weight is 217 g/mol. The molecule has 1 saturated heterocycles. The summed E-state index contributed by atoms with van der Waals surface area (Å²) < 4.78 is 20.8. The molecule has 4 heteroatoms. The molecule has 2 atom stereocenters. The fourth-order valence-electron chi connectivity index (χ4n) is 1.16. The van der Waals surface area contributed by atoms with Crippen molar-refractivity contribution in [3.63, 3.8) is 0 Å². The van der Waals surface area contributed by atoms with Crippen LogP contribution in [0.25, 0.3) is 0 Å². The van der Waals surface area contributed by atoms with Crippen LogP contribution in [-0.2, 0) is 15.7 Å². The van der Waals surface area contributed by atoms with Crippen LogP contribution in [-0.4, -0.2) is 27.9 Å². The Morgan fingerprint density at radius 2 is 2.14 bits per heavy atom. The monoisotopic (exact) mass is 217 g/mol. The van der Waals surface area contributed by atoms with Gasteiger partial charge >= 0.3 is 0 Å². The van der Waals surface area contributed by atoms with Gasteiger partial charge in [0.1, 0.15) is 11.0 Å². The Morgan fingerprint density at radius 1 is 1.43 bits per heavy atom. The zero-order valence-electron chi connectivity index (χ0n) is 9.16. The molecule has 0 amide bonds. The molecule has 3 nitrogen and oxygen atoms in total. The van der Waals surface area contributed by atoms with Crippen molar-refractivity contribution in [1.29, 1.82) is 0 Å². The highest BCUT2D eigenvalue weighted by Crippen LogP contribution is 2.14. The maximum atomic E-state index is 11.6. The van der Waals surface area contributed by atoms with E-state index in [9.17, 15) is 4.21 Å². The number of rotatable bonds is 2. The van der Waals surface area contributed by atoms with Gasteiger partial charge in [-0.2, -0.15) is 4.40 Å². The second-order valence-electron chi connectivity index (χ2n) is 4.52. The lowest BCUT2D eigenvalue weighted by Crippen LogP contribution is -2.23. The largest absolute Gasteiger partial charge is 0.373 e. The fourth-order valence-corrected chi connectivity index (χ4v) is 1.73. The molecule has 14 heavy (non-hydrogen) atoms. The molecule has 0 aromatic carbocycles. The van der Waals surface area contributed by atoms with Crippen molar-refractivity contribution in [2.75, 3.05) is 6.61 Å². The van der Waals surface area contributed by atoms with Crippen molar-refractivity contribution in [3.05, 3.63) is 0 Å². The Kier molecular flexibility index (Phi) is 4.26. The van der Waals surface area contributed by atoms with Crippen molar-refractivity contribution in [2.24, 2.45) is 4.40 Å². The Bertz CT molecular complexity index is 227. The first-order chi connectivity index (χ1) is 6.50. The van der Waals surface area contributed by atoms with Gasteiger partial charge in [-0.3, -0.25) is 0 Å². The zero-order valence-corrected chi connectivity index (χ0v) is 9.97. The summed E-state index contributed by atoms with van der Waals surface area (Å²) in [4.78, 5) is 0. The van der Waals surface area contributed by atoms with E-state index in [1.54, 1.807) is 6.21 Å². The van der Waals surface area contributed by atoms with E-state index >= 15 is 0 Å². The first kappa shape index (κ1) is 11.9. The van der Waals surface area contributed by atoms with Gasteiger partial charge in [0.25, 0.3) is 0 Å². The number of hydrogen-bond donors (Lipinski definition) is 0. The summed E-state index contributed by atoms with van der Waals surface area (Å²) >= 11 is 0. The third kappa shape index (κ3) is 3.88. The fraction of sp³-hybridized carbons (Fsp3) is 0.900. The first-order valence-corrected chi connectivity index (χ1v) is 6.18. The van der Waals surface area contributed by atoms with E-state index in [4.69, 9.17) is 4.74 Å². The Balaban J connectivity index is 2.42. The van der Waals surface area contributed by atoms with Crippen LogP contribution >= 0.6 is 0 Å². The van der Waals surface area contributed by atoms with Gasteiger partial charge in [-0.15, -0.1) is 0 Å². The minimum Gasteiger partial charge on any atom is -0.373 e. The van der Waals surface area contributed by atoms with Gasteiger partial charge in [-0.1, -0.05) is 0 Å². The predicted octanol–water partition coefficient (Wildman–Crippen LogP) is 2.09. The molecule has 82 valence electrons. The van der Waals surface area contributed by atoms with Crippen molar-refractivity contribution < 1.29 is 8.95 Å². The smallest absolute Gasteiger partial charge is 0.144 e. The normalized spacial score (nSPS) is 26.6. The summed E-state index contributed by atoms with van der Waals surface area (Å²) in [5.74, 6) is 0. The standard InChI is InChI=1S/C10H19NO2S/c1-10(2,3)14(12)11-8-9-6-4-5-7-13-9/h8-9H,4-7H2,1-3H3/b11-8+/t9?,14-/m0/s1. The highest BCUT2D eigenvalue weighted by Gasteiger charge is 2.19. The summed E-state index contributed by atoms with van der Waals surface area (Å²) in [5.41, 5.74) is 0. The molecule has 1 aliphatic heterocycles. The second kappa shape index (κ2) is 5.03. The van der Waals surface area contributed by atoms with Crippen LogP contribution in [0.4, 0.5) is 0 Å². The van der Waals surface area contributed by atoms with Crippen LogP contribution in [0.3, 0.4) is 0 Å². The van der Waals surface area contributed by atoms with Crippen LogP contribution in [0.2, 0.25) is 0 Å². The molecule has 0 radical (unpaired) electrons. The van der Waals surface area contributed by atoms with Crippen LogP contribution < -0.4 is 0 Å². The molecule has 0 aromatic heterocycles. The quantitative estimate of drug-likeness (QED) is 0.664. The van der Waals surface area contributed by atoms with E-state index in [1.807, 2.05) is 20.8 Å². The molecule has 0 spiro atoms. The molecule has 0 saturated carbocycles. The molecular weight excluding hydrogens is 198 g/mol. The minimum atomic E-state index is -1.15. The third-order valence-electron chi connectivity index (χ3n) is 2.06. The lowest BCUT2D eigenvalue weighted by molar-refractivity contribution is 0.0617. The zero-order chi connectivity index (χ0) is 10.6. The lowest BCUT2D eigenvalue weighted by Gasteiger charge is -2.19. The SMILES string of the molecule is CC(C)(C)[S@](=O)/N=C/C1CCCCO1. The van der Waals surface area contributed by atoms with Crippen LogP contribution in [0.15, 0.2) is 4.40 Å². The van der Waals surface area contributed by atoms with Crippen molar-refractivity contribution in [3.8, 4) is 0 Å². The molecule has 0 aliphatic carbocycles. The summed E-state index contributed by atoms with van der Waals surface area (Å²) in [5, 5.41) is 0. The van der Waals surface area contributed by atoms with Crippen LogP contribution in [0, 0.1) is 0 Å². The molecule has 1 fully saturated rings. The summed E-state index contributed by atoms with van der Waals surface area (Å²) in [7, 11) is -1.15. The highest BCUT2D eigenvalue weighted by molar-refractivity contribution is 7.85. The molecular formula is C10H19NO2S. The van der Waals surface area contributed by atoms with Crippen LogP contribution in [0.1, 0.15) is 40.0 Å². The molecule has 1 aliphatic rings. The van der Waals surface area contributed by atoms with E-state index in [0.717, 1.165) is 19.4 Å². The maximum absolute atomic E-state index is 11.6. The van der Waals surface area contributed by atoms with E-state index in [-0.39, 0.29) is 10.9 Å². The average Bonchev–Trinajstić information content (AvgIpc) is 2.14. The van der Waals surface area contributed by atoms with E-state index in [2.05, 4.69) is 4.40 Å². The minimum absolute atomic E-state index is 0.0787. The molecule has 0 aromatic rings. The summed E-state index contributed by atoms with van der Waals surface area (Å²) in [6.45, 7) is 6.56. The van der Waals surface area contributed by atoms with E-state index in [0.29, 0.717) is 0 Å². The van der Waals surface area contributed by atoms with Gasteiger partial charge in [-0.05, 0) is 40.0 Å². The molecule has 0 N–H and O–H groups in total. The van der Waals surface area contributed by atoms with Gasteiger partial charge in [0.2, 0.25) is 0 Å². The van der Waals surface area contributed by atoms with Crippen molar-refractivity contribution >= 4 is 17.2 Å². The molecule has 1 unspecified atom stereocenters.